The Bertz CT molecular complexity index is 675. The van der Waals surface area contributed by atoms with Crippen molar-refractivity contribution in [2.45, 2.75) is 52.1 Å². The average molecular weight is 321 g/mol. The molecule has 0 amide bonds. The van der Waals surface area contributed by atoms with Crippen molar-refractivity contribution in [2.75, 3.05) is 0 Å². The van der Waals surface area contributed by atoms with Gasteiger partial charge in [-0.1, -0.05) is 26.8 Å². The number of benzene rings is 1. The molecule has 0 aliphatic carbocycles. The second-order valence-corrected chi connectivity index (χ2v) is 6.40. The number of nitrogens with zero attached hydrogens (tertiary/aromatic N) is 1. The highest BCUT2D eigenvalue weighted by molar-refractivity contribution is 5.37. The van der Waals surface area contributed by atoms with Crippen LogP contribution >= 0.6 is 0 Å². The fraction of sp³-hybridized carbons (Fsp3) is 0.421. The molecular formula is C19H22F3N. The van der Waals surface area contributed by atoms with Crippen LogP contribution in [0.5, 0.6) is 0 Å². The van der Waals surface area contributed by atoms with Crippen molar-refractivity contribution < 1.29 is 13.2 Å². The van der Waals surface area contributed by atoms with Crippen LogP contribution in [-0.2, 0) is 12.6 Å². The Labute approximate surface area is 135 Å². The molecule has 1 atom stereocenters. The van der Waals surface area contributed by atoms with Crippen LogP contribution in [0.1, 0.15) is 60.6 Å². The van der Waals surface area contributed by atoms with E-state index in [-0.39, 0.29) is 11.8 Å². The van der Waals surface area contributed by atoms with Crippen molar-refractivity contribution in [1.82, 2.24) is 4.98 Å². The van der Waals surface area contributed by atoms with Gasteiger partial charge in [-0.25, -0.2) is 0 Å². The van der Waals surface area contributed by atoms with Crippen molar-refractivity contribution in [3.63, 3.8) is 0 Å². The first kappa shape index (κ1) is 17.5. The Hall–Kier alpha value is -1.84. The first-order chi connectivity index (χ1) is 10.7. The van der Waals surface area contributed by atoms with Gasteiger partial charge in [0.25, 0.3) is 0 Å². The first-order valence-electron chi connectivity index (χ1n) is 7.81. The number of hydrogen-bond acceptors (Lipinski definition) is 1. The average Bonchev–Trinajstić information content (AvgIpc) is 2.46. The lowest BCUT2D eigenvalue weighted by atomic mass is 9.87. The molecule has 0 saturated carbocycles. The van der Waals surface area contributed by atoms with Crippen molar-refractivity contribution in [1.29, 1.82) is 0 Å². The fourth-order valence-electron chi connectivity index (χ4n) is 2.82. The molecule has 1 heterocycles. The highest BCUT2D eigenvalue weighted by atomic mass is 19.4. The number of halogens is 3. The first-order valence-corrected chi connectivity index (χ1v) is 7.81. The van der Waals surface area contributed by atoms with Crippen LogP contribution in [0.2, 0.25) is 0 Å². The predicted molar refractivity (Wildman–Crippen MR) is 86.6 cm³/mol. The quantitative estimate of drug-likeness (QED) is 0.685. The molecule has 1 unspecified atom stereocenters. The van der Waals surface area contributed by atoms with Crippen LogP contribution in [0.3, 0.4) is 0 Å². The maximum absolute atomic E-state index is 12.9. The second kappa shape index (κ2) is 6.73. The van der Waals surface area contributed by atoms with Gasteiger partial charge in [0.1, 0.15) is 0 Å². The molecule has 1 nitrogen and oxygen atoms in total. The molecule has 0 bridgehead atoms. The molecular weight excluding hydrogens is 299 g/mol. The smallest absolute Gasteiger partial charge is 0.262 e. The summed E-state index contributed by atoms with van der Waals surface area (Å²) in [6.45, 7) is 7.89. The SMILES string of the molecule is Cc1cc(C(C)Cc2ccc(C(F)(F)F)cc2C(C)C)ccn1. The maximum atomic E-state index is 12.9. The van der Waals surface area contributed by atoms with E-state index in [1.54, 1.807) is 12.3 Å². The summed E-state index contributed by atoms with van der Waals surface area (Å²) >= 11 is 0. The molecule has 0 spiro atoms. The van der Waals surface area contributed by atoms with Crippen LogP contribution in [0.15, 0.2) is 36.5 Å². The van der Waals surface area contributed by atoms with Gasteiger partial charge in [-0.2, -0.15) is 13.2 Å². The van der Waals surface area contributed by atoms with Crippen LogP contribution in [-0.4, -0.2) is 4.98 Å². The largest absolute Gasteiger partial charge is 0.416 e. The van der Waals surface area contributed by atoms with Crippen molar-refractivity contribution in [2.24, 2.45) is 0 Å². The molecule has 0 aliphatic rings. The number of aromatic nitrogens is 1. The number of pyridine rings is 1. The Morgan fingerprint density at radius 1 is 1.04 bits per heavy atom. The topological polar surface area (TPSA) is 12.9 Å². The Morgan fingerprint density at radius 3 is 2.30 bits per heavy atom. The van der Waals surface area contributed by atoms with Crippen molar-refractivity contribution >= 4 is 0 Å². The molecule has 4 heteroatoms. The van der Waals surface area contributed by atoms with Gasteiger partial charge >= 0.3 is 6.18 Å². The molecule has 1 aromatic carbocycles. The number of alkyl halides is 3. The molecule has 1 aromatic heterocycles. The Balaban J connectivity index is 2.32. The molecule has 124 valence electrons. The van der Waals surface area contributed by atoms with E-state index in [4.69, 9.17) is 0 Å². The van der Waals surface area contributed by atoms with Crippen LogP contribution in [0.4, 0.5) is 13.2 Å². The zero-order valence-electron chi connectivity index (χ0n) is 13.9. The third-order valence-electron chi connectivity index (χ3n) is 4.11. The summed E-state index contributed by atoms with van der Waals surface area (Å²) in [4.78, 5) is 4.19. The summed E-state index contributed by atoms with van der Waals surface area (Å²) in [5.41, 5.74) is 3.29. The molecule has 2 aromatic rings. The molecule has 23 heavy (non-hydrogen) atoms. The van der Waals surface area contributed by atoms with Gasteiger partial charge in [-0.3, -0.25) is 4.98 Å². The van der Waals surface area contributed by atoms with Crippen LogP contribution in [0, 0.1) is 6.92 Å². The van der Waals surface area contributed by atoms with Crippen LogP contribution < -0.4 is 0 Å². The van der Waals surface area contributed by atoms with E-state index < -0.39 is 11.7 Å². The lowest BCUT2D eigenvalue weighted by molar-refractivity contribution is -0.137. The van der Waals surface area contributed by atoms with E-state index in [9.17, 15) is 13.2 Å². The summed E-state index contributed by atoms with van der Waals surface area (Å²) in [5.74, 6) is 0.282. The van der Waals surface area contributed by atoms with Gasteiger partial charge in [-0.15, -0.1) is 0 Å². The second-order valence-electron chi connectivity index (χ2n) is 6.40. The Kier molecular flexibility index (Phi) is 5.12. The normalized spacial score (nSPS) is 13.4. The summed E-state index contributed by atoms with van der Waals surface area (Å²) in [6, 6.07) is 8.11. The number of hydrogen-bond donors (Lipinski definition) is 0. The molecule has 0 radical (unpaired) electrons. The molecule has 2 rings (SSSR count). The van der Waals surface area contributed by atoms with E-state index in [1.165, 1.54) is 12.1 Å². The lowest BCUT2D eigenvalue weighted by Crippen LogP contribution is -2.09. The minimum Gasteiger partial charge on any atom is -0.262 e. The summed E-state index contributed by atoms with van der Waals surface area (Å²) in [5, 5.41) is 0. The van der Waals surface area contributed by atoms with Gasteiger partial charge in [0, 0.05) is 11.9 Å². The molecule has 0 saturated heterocycles. The highest BCUT2D eigenvalue weighted by Gasteiger charge is 2.31. The lowest BCUT2D eigenvalue weighted by Gasteiger charge is -2.19. The van der Waals surface area contributed by atoms with Gasteiger partial charge in [0.2, 0.25) is 0 Å². The highest BCUT2D eigenvalue weighted by Crippen LogP contribution is 2.34. The third kappa shape index (κ3) is 4.34. The van der Waals surface area contributed by atoms with Gasteiger partial charge in [0.05, 0.1) is 5.56 Å². The van der Waals surface area contributed by atoms with E-state index in [2.05, 4.69) is 11.9 Å². The van der Waals surface area contributed by atoms with Crippen molar-refractivity contribution in [3.8, 4) is 0 Å². The number of rotatable bonds is 4. The molecule has 0 aliphatic heterocycles. The van der Waals surface area contributed by atoms with E-state index >= 15 is 0 Å². The van der Waals surface area contributed by atoms with E-state index in [0.29, 0.717) is 0 Å². The summed E-state index contributed by atoms with van der Waals surface area (Å²) < 4.78 is 38.8. The minimum atomic E-state index is -4.30. The summed E-state index contributed by atoms with van der Waals surface area (Å²) in [6.07, 6.45) is -1.80. The standard InChI is InChI=1S/C19H22F3N/c1-12(2)18-11-17(19(20,21)22)6-5-16(18)9-13(3)15-7-8-23-14(4)10-15/h5-8,10-13H,9H2,1-4H3. The number of aryl methyl sites for hydroxylation is 1. The summed E-state index contributed by atoms with van der Waals surface area (Å²) in [7, 11) is 0. The monoisotopic (exact) mass is 321 g/mol. The third-order valence-corrected chi connectivity index (χ3v) is 4.11. The minimum absolute atomic E-state index is 0.0543. The van der Waals surface area contributed by atoms with Crippen LogP contribution in [0.25, 0.3) is 0 Å². The van der Waals surface area contributed by atoms with Gasteiger partial charge in [0.15, 0.2) is 0 Å². The molecule has 0 fully saturated rings. The van der Waals surface area contributed by atoms with Crippen molar-refractivity contribution in [3.05, 3.63) is 64.5 Å². The zero-order valence-corrected chi connectivity index (χ0v) is 13.9. The fourth-order valence-corrected chi connectivity index (χ4v) is 2.82. The van der Waals surface area contributed by atoms with Gasteiger partial charge in [-0.05, 0) is 66.1 Å². The van der Waals surface area contributed by atoms with E-state index in [1.807, 2.05) is 32.9 Å². The predicted octanol–water partition coefficient (Wildman–Crippen LogP) is 5.88. The maximum Gasteiger partial charge on any atom is 0.416 e. The molecule has 0 N–H and O–H groups in total. The van der Waals surface area contributed by atoms with E-state index in [0.717, 1.165) is 28.8 Å². The van der Waals surface area contributed by atoms with Gasteiger partial charge < -0.3 is 0 Å². The Morgan fingerprint density at radius 2 is 1.74 bits per heavy atom. The zero-order chi connectivity index (χ0) is 17.2.